The van der Waals surface area contributed by atoms with Gasteiger partial charge in [0.05, 0.1) is 18.1 Å². The van der Waals surface area contributed by atoms with E-state index in [0.29, 0.717) is 11.8 Å². The van der Waals surface area contributed by atoms with E-state index in [1.165, 1.54) is 25.0 Å². The number of carbonyl (C=O) groups is 1. The summed E-state index contributed by atoms with van der Waals surface area (Å²) in [6.07, 6.45) is 6.35. The van der Waals surface area contributed by atoms with Crippen LogP contribution in [0.25, 0.3) is 22.7 Å². The molecule has 2 heterocycles. The van der Waals surface area contributed by atoms with E-state index in [0.717, 1.165) is 35.4 Å². The first-order valence-corrected chi connectivity index (χ1v) is 11.4. The minimum Gasteiger partial charge on any atom is -0.449 e. The van der Waals surface area contributed by atoms with Gasteiger partial charge in [-0.3, -0.25) is 4.79 Å². The van der Waals surface area contributed by atoms with Crippen molar-refractivity contribution in [1.29, 1.82) is 0 Å². The molecule has 5 rings (SSSR count). The third-order valence-electron chi connectivity index (χ3n) is 6.34. The van der Waals surface area contributed by atoms with E-state index in [1.54, 1.807) is 18.2 Å². The molecule has 0 radical (unpaired) electrons. The van der Waals surface area contributed by atoms with Crippen LogP contribution in [0.15, 0.2) is 77.5 Å². The minimum absolute atomic E-state index is 0.147. The fourth-order valence-electron chi connectivity index (χ4n) is 4.56. The number of amides is 1. The molecular formula is C27H26FN3O2. The maximum absolute atomic E-state index is 13.5. The largest absolute Gasteiger partial charge is 0.449 e. The topological polar surface area (TPSA) is 60.1 Å². The van der Waals surface area contributed by atoms with Gasteiger partial charge < -0.3 is 14.3 Å². The number of furan rings is 1. The standard InChI is InChI=1S/C27H26FN3O2/c1-18(19-7-3-2-4-8-19)30-27(32)24-16-15-23(33-24)26-25(20-11-13-21(28)14-12-20)29-17-31(26)22-9-5-6-10-22/h2-4,7-8,11-18,22H,5-6,9-10H2,1H3,(H,30,32). The number of imidazole rings is 1. The predicted molar refractivity (Wildman–Crippen MR) is 125 cm³/mol. The van der Waals surface area contributed by atoms with E-state index < -0.39 is 0 Å². The third-order valence-corrected chi connectivity index (χ3v) is 6.34. The number of halogens is 1. The summed E-state index contributed by atoms with van der Waals surface area (Å²) < 4.78 is 21.7. The van der Waals surface area contributed by atoms with Crippen molar-refractivity contribution in [3.63, 3.8) is 0 Å². The molecule has 6 heteroatoms. The first kappa shape index (κ1) is 21.2. The lowest BCUT2D eigenvalue weighted by molar-refractivity contribution is 0.0912. The number of hydrogen-bond acceptors (Lipinski definition) is 3. The van der Waals surface area contributed by atoms with Crippen LogP contribution < -0.4 is 5.32 Å². The molecule has 33 heavy (non-hydrogen) atoms. The summed E-state index contributed by atoms with van der Waals surface area (Å²) in [5.74, 6) is 0.265. The summed E-state index contributed by atoms with van der Waals surface area (Å²) >= 11 is 0. The molecule has 0 saturated heterocycles. The second-order valence-electron chi connectivity index (χ2n) is 8.56. The molecule has 4 aromatic rings. The van der Waals surface area contributed by atoms with E-state index in [9.17, 15) is 9.18 Å². The second kappa shape index (κ2) is 9.06. The highest BCUT2D eigenvalue weighted by molar-refractivity contribution is 5.92. The van der Waals surface area contributed by atoms with E-state index >= 15 is 0 Å². The quantitative estimate of drug-likeness (QED) is 0.367. The molecule has 5 nitrogen and oxygen atoms in total. The van der Waals surface area contributed by atoms with Crippen LogP contribution in [-0.4, -0.2) is 15.5 Å². The molecule has 0 aliphatic heterocycles. The smallest absolute Gasteiger partial charge is 0.287 e. The number of rotatable bonds is 6. The summed E-state index contributed by atoms with van der Waals surface area (Å²) in [4.78, 5) is 17.5. The van der Waals surface area contributed by atoms with Gasteiger partial charge in [0, 0.05) is 11.6 Å². The summed E-state index contributed by atoms with van der Waals surface area (Å²) in [7, 11) is 0. The number of aromatic nitrogens is 2. The average Bonchev–Trinajstić information content (AvgIpc) is 3.60. The van der Waals surface area contributed by atoms with E-state index in [-0.39, 0.29) is 23.5 Å². The van der Waals surface area contributed by atoms with Crippen LogP contribution in [0.3, 0.4) is 0 Å². The van der Waals surface area contributed by atoms with Crippen LogP contribution in [0.2, 0.25) is 0 Å². The molecule has 1 aliphatic carbocycles. The molecule has 0 spiro atoms. The zero-order valence-electron chi connectivity index (χ0n) is 18.5. The minimum atomic E-state index is -0.292. The lowest BCUT2D eigenvalue weighted by Gasteiger charge is -2.15. The molecule has 168 valence electrons. The molecule has 1 fully saturated rings. The van der Waals surface area contributed by atoms with E-state index in [2.05, 4.69) is 14.9 Å². The van der Waals surface area contributed by atoms with Gasteiger partial charge in [-0.15, -0.1) is 0 Å². The number of nitrogens with one attached hydrogen (secondary N) is 1. The highest BCUT2D eigenvalue weighted by Crippen LogP contribution is 2.39. The van der Waals surface area contributed by atoms with Crippen molar-refractivity contribution in [3.8, 4) is 22.7 Å². The first-order chi connectivity index (χ1) is 16.1. The highest BCUT2D eigenvalue weighted by atomic mass is 19.1. The van der Waals surface area contributed by atoms with Gasteiger partial charge in [0.25, 0.3) is 5.91 Å². The average molecular weight is 444 g/mol. The third kappa shape index (κ3) is 4.33. The highest BCUT2D eigenvalue weighted by Gasteiger charge is 2.26. The monoisotopic (exact) mass is 443 g/mol. The Hall–Kier alpha value is -3.67. The summed E-state index contributed by atoms with van der Waals surface area (Å²) in [5.41, 5.74) is 3.38. The van der Waals surface area contributed by atoms with Crippen LogP contribution in [0.5, 0.6) is 0 Å². The van der Waals surface area contributed by atoms with Gasteiger partial charge in [0.1, 0.15) is 11.5 Å². The molecule has 1 unspecified atom stereocenters. The van der Waals surface area contributed by atoms with Crippen LogP contribution in [-0.2, 0) is 0 Å². The molecule has 2 aromatic carbocycles. The molecule has 1 N–H and O–H groups in total. The van der Waals surface area contributed by atoms with Crippen molar-refractivity contribution >= 4 is 5.91 Å². The number of hydrogen-bond donors (Lipinski definition) is 1. The summed E-state index contributed by atoms with van der Waals surface area (Å²) in [6.45, 7) is 1.94. The number of carbonyl (C=O) groups excluding carboxylic acids is 1. The van der Waals surface area contributed by atoms with E-state index in [4.69, 9.17) is 4.42 Å². The van der Waals surface area contributed by atoms with Crippen LogP contribution >= 0.6 is 0 Å². The molecule has 0 bridgehead atoms. The lowest BCUT2D eigenvalue weighted by atomic mass is 10.1. The fraction of sp³-hybridized carbons (Fsp3) is 0.259. The Labute approximate surface area is 192 Å². The Bertz CT molecular complexity index is 1240. The molecule has 1 atom stereocenters. The molecule has 1 amide bonds. The van der Waals surface area contributed by atoms with Gasteiger partial charge in [-0.1, -0.05) is 43.2 Å². The second-order valence-corrected chi connectivity index (χ2v) is 8.56. The SMILES string of the molecule is CC(NC(=O)c1ccc(-c2c(-c3ccc(F)cc3)ncn2C2CCCC2)o1)c1ccccc1. The van der Waals surface area contributed by atoms with Crippen molar-refractivity contribution in [2.24, 2.45) is 0 Å². The van der Waals surface area contributed by atoms with Crippen molar-refractivity contribution in [2.45, 2.75) is 44.7 Å². The maximum Gasteiger partial charge on any atom is 0.287 e. The van der Waals surface area contributed by atoms with Gasteiger partial charge >= 0.3 is 0 Å². The van der Waals surface area contributed by atoms with Gasteiger partial charge in [0.2, 0.25) is 0 Å². The Kier molecular flexibility index (Phi) is 5.82. The number of nitrogens with zero attached hydrogens (tertiary/aromatic N) is 2. The normalized spacial score (nSPS) is 15.0. The molecule has 1 saturated carbocycles. The molecular weight excluding hydrogens is 417 g/mol. The summed E-state index contributed by atoms with van der Waals surface area (Å²) in [5, 5.41) is 3.00. The van der Waals surface area contributed by atoms with Crippen molar-refractivity contribution in [2.75, 3.05) is 0 Å². The van der Waals surface area contributed by atoms with Crippen LogP contribution in [0.4, 0.5) is 4.39 Å². The zero-order valence-corrected chi connectivity index (χ0v) is 18.5. The van der Waals surface area contributed by atoms with Crippen molar-refractivity contribution < 1.29 is 13.6 Å². The Morgan fingerprint density at radius 2 is 1.79 bits per heavy atom. The molecule has 2 aromatic heterocycles. The zero-order chi connectivity index (χ0) is 22.8. The van der Waals surface area contributed by atoms with Crippen LogP contribution in [0.1, 0.15) is 60.8 Å². The predicted octanol–water partition coefficient (Wildman–Crippen LogP) is 6.56. The van der Waals surface area contributed by atoms with Gasteiger partial charge in [-0.25, -0.2) is 9.37 Å². The van der Waals surface area contributed by atoms with Crippen LogP contribution in [0, 0.1) is 5.82 Å². The number of benzene rings is 2. The Morgan fingerprint density at radius 3 is 2.52 bits per heavy atom. The summed E-state index contributed by atoms with van der Waals surface area (Å²) in [6, 6.07) is 19.8. The van der Waals surface area contributed by atoms with Gasteiger partial charge in [0.15, 0.2) is 11.5 Å². The van der Waals surface area contributed by atoms with Crippen molar-refractivity contribution in [1.82, 2.24) is 14.9 Å². The lowest BCUT2D eigenvalue weighted by Crippen LogP contribution is -2.26. The van der Waals surface area contributed by atoms with Gasteiger partial charge in [-0.05, 0) is 61.7 Å². The van der Waals surface area contributed by atoms with E-state index in [1.807, 2.05) is 49.6 Å². The Morgan fingerprint density at radius 1 is 1.06 bits per heavy atom. The Balaban J connectivity index is 1.47. The maximum atomic E-state index is 13.5. The molecule has 1 aliphatic rings. The van der Waals surface area contributed by atoms with Gasteiger partial charge in [-0.2, -0.15) is 0 Å². The van der Waals surface area contributed by atoms with Crippen molar-refractivity contribution in [3.05, 3.63) is 90.2 Å². The first-order valence-electron chi connectivity index (χ1n) is 11.4. The fourth-order valence-corrected chi connectivity index (χ4v) is 4.56.